The summed E-state index contributed by atoms with van der Waals surface area (Å²) >= 11 is 6.03. The summed E-state index contributed by atoms with van der Waals surface area (Å²) in [7, 11) is 0. The third-order valence-corrected chi connectivity index (χ3v) is 4.52. The number of nitrogens with one attached hydrogen (secondary N) is 2. The number of hydrogen-bond acceptors (Lipinski definition) is 4. The zero-order valence-electron chi connectivity index (χ0n) is 15.1. The van der Waals surface area contributed by atoms with E-state index in [1.165, 1.54) is 5.56 Å². The molecule has 1 aromatic rings. The Kier molecular flexibility index (Phi) is 7.23. The van der Waals surface area contributed by atoms with E-state index >= 15 is 0 Å². The zero-order valence-corrected chi connectivity index (χ0v) is 15.8. The van der Waals surface area contributed by atoms with Crippen LogP contribution in [0.2, 0.25) is 5.02 Å². The summed E-state index contributed by atoms with van der Waals surface area (Å²) < 4.78 is 0. The Morgan fingerprint density at radius 3 is 2.44 bits per heavy atom. The SMILES string of the molecule is CC(C)NC(=O)NC(=O)C(C)N1CCN(Cc2cccc(Cl)c2)CC1. The lowest BCUT2D eigenvalue weighted by molar-refractivity contribution is -0.125. The van der Waals surface area contributed by atoms with Crippen LogP contribution in [0.1, 0.15) is 26.3 Å². The third kappa shape index (κ3) is 6.30. The molecule has 1 aromatic carbocycles. The van der Waals surface area contributed by atoms with Crippen molar-refractivity contribution in [1.29, 1.82) is 0 Å². The second kappa shape index (κ2) is 9.17. The van der Waals surface area contributed by atoms with Gasteiger partial charge in [0.15, 0.2) is 0 Å². The van der Waals surface area contributed by atoms with Gasteiger partial charge >= 0.3 is 6.03 Å². The number of hydrogen-bond donors (Lipinski definition) is 2. The lowest BCUT2D eigenvalue weighted by Crippen LogP contribution is -2.55. The molecule has 0 spiro atoms. The van der Waals surface area contributed by atoms with Gasteiger partial charge in [0.25, 0.3) is 0 Å². The van der Waals surface area contributed by atoms with Gasteiger partial charge < -0.3 is 5.32 Å². The predicted octanol–water partition coefficient (Wildman–Crippen LogP) is 2.08. The number of piperazine rings is 1. The van der Waals surface area contributed by atoms with E-state index in [9.17, 15) is 9.59 Å². The topological polar surface area (TPSA) is 64.7 Å². The van der Waals surface area contributed by atoms with Crippen LogP contribution < -0.4 is 10.6 Å². The lowest BCUT2D eigenvalue weighted by Gasteiger charge is -2.37. The number of benzene rings is 1. The first-order valence-electron chi connectivity index (χ1n) is 8.67. The van der Waals surface area contributed by atoms with Crippen molar-refractivity contribution in [1.82, 2.24) is 20.4 Å². The van der Waals surface area contributed by atoms with E-state index in [-0.39, 0.29) is 18.0 Å². The van der Waals surface area contributed by atoms with Crippen molar-refractivity contribution in [3.8, 4) is 0 Å². The van der Waals surface area contributed by atoms with Gasteiger partial charge in [-0.2, -0.15) is 0 Å². The van der Waals surface area contributed by atoms with Crippen LogP contribution >= 0.6 is 11.6 Å². The van der Waals surface area contributed by atoms with Gasteiger partial charge in [0.2, 0.25) is 5.91 Å². The highest BCUT2D eigenvalue weighted by molar-refractivity contribution is 6.30. The molecule has 1 unspecified atom stereocenters. The molecule has 3 amide bonds. The largest absolute Gasteiger partial charge is 0.336 e. The third-order valence-electron chi connectivity index (χ3n) is 4.29. The molecule has 6 nitrogen and oxygen atoms in total. The highest BCUT2D eigenvalue weighted by Gasteiger charge is 2.26. The van der Waals surface area contributed by atoms with Gasteiger partial charge in [-0.1, -0.05) is 23.7 Å². The maximum Gasteiger partial charge on any atom is 0.321 e. The number of imide groups is 1. The molecule has 2 rings (SSSR count). The average molecular weight is 367 g/mol. The van der Waals surface area contributed by atoms with Crippen LogP contribution in [-0.4, -0.2) is 60.0 Å². The molecule has 1 saturated heterocycles. The molecule has 2 N–H and O–H groups in total. The van der Waals surface area contributed by atoms with E-state index in [0.29, 0.717) is 0 Å². The first-order valence-corrected chi connectivity index (χ1v) is 9.05. The van der Waals surface area contributed by atoms with E-state index in [2.05, 4.69) is 26.5 Å². The van der Waals surface area contributed by atoms with E-state index in [0.717, 1.165) is 37.7 Å². The molecule has 0 saturated carbocycles. The van der Waals surface area contributed by atoms with Gasteiger partial charge in [-0.05, 0) is 38.5 Å². The fraction of sp³-hybridized carbons (Fsp3) is 0.556. The summed E-state index contributed by atoms with van der Waals surface area (Å²) in [6.45, 7) is 9.74. The minimum Gasteiger partial charge on any atom is -0.336 e. The molecule has 0 aliphatic carbocycles. The normalized spacial score (nSPS) is 17.3. The van der Waals surface area contributed by atoms with Crippen molar-refractivity contribution in [2.24, 2.45) is 0 Å². The Labute approximate surface area is 154 Å². The number of amides is 3. The molecule has 0 radical (unpaired) electrons. The minimum atomic E-state index is -0.438. The van der Waals surface area contributed by atoms with Crippen LogP contribution in [0.3, 0.4) is 0 Å². The zero-order chi connectivity index (χ0) is 18.4. The molecule has 0 aromatic heterocycles. The van der Waals surface area contributed by atoms with Crippen molar-refractivity contribution in [3.05, 3.63) is 34.9 Å². The Balaban J connectivity index is 1.78. The van der Waals surface area contributed by atoms with Crippen molar-refractivity contribution in [2.45, 2.75) is 39.4 Å². The summed E-state index contributed by atoms with van der Waals surface area (Å²) in [4.78, 5) is 28.3. The average Bonchev–Trinajstić information content (AvgIpc) is 2.54. The number of nitrogens with zero attached hydrogens (tertiary/aromatic N) is 2. The Morgan fingerprint density at radius 1 is 1.16 bits per heavy atom. The van der Waals surface area contributed by atoms with E-state index in [1.54, 1.807) is 0 Å². The second-order valence-corrected chi connectivity index (χ2v) is 7.17. The molecule has 25 heavy (non-hydrogen) atoms. The highest BCUT2D eigenvalue weighted by atomic mass is 35.5. The predicted molar refractivity (Wildman–Crippen MR) is 99.6 cm³/mol. The summed E-state index contributed by atoms with van der Waals surface area (Å²) in [5, 5.41) is 5.82. The van der Waals surface area contributed by atoms with Gasteiger partial charge in [0.05, 0.1) is 6.04 Å². The van der Waals surface area contributed by atoms with E-state index in [1.807, 2.05) is 39.0 Å². The highest BCUT2D eigenvalue weighted by Crippen LogP contribution is 2.14. The first kappa shape index (κ1) is 19.7. The minimum absolute atomic E-state index is 0.00172. The molecule has 1 aliphatic heterocycles. The summed E-state index contributed by atoms with van der Waals surface area (Å²) in [6, 6.07) is 7.12. The van der Waals surface area contributed by atoms with Crippen molar-refractivity contribution >= 4 is 23.5 Å². The molecule has 1 heterocycles. The Hall–Kier alpha value is -1.63. The van der Waals surface area contributed by atoms with E-state index in [4.69, 9.17) is 11.6 Å². The lowest BCUT2D eigenvalue weighted by atomic mass is 10.1. The second-order valence-electron chi connectivity index (χ2n) is 6.74. The first-order chi connectivity index (χ1) is 11.8. The number of urea groups is 1. The van der Waals surface area contributed by atoms with Crippen LogP contribution in [0.25, 0.3) is 0 Å². The van der Waals surface area contributed by atoms with E-state index < -0.39 is 6.03 Å². The smallest absolute Gasteiger partial charge is 0.321 e. The molecule has 1 aliphatic rings. The van der Waals surface area contributed by atoms with Crippen molar-refractivity contribution in [2.75, 3.05) is 26.2 Å². The Bertz CT molecular complexity index is 600. The number of carbonyl (C=O) groups is 2. The van der Waals surface area contributed by atoms with Crippen molar-refractivity contribution in [3.63, 3.8) is 0 Å². The Morgan fingerprint density at radius 2 is 1.84 bits per heavy atom. The summed E-state index contributed by atoms with van der Waals surface area (Å²) in [6.07, 6.45) is 0. The molecular formula is C18H27ClN4O2. The van der Waals surface area contributed by atoms with Crippen LogP contribution in [0, 0.1) is 0 Å². The van der Waals surface area contributed by atoms with Crippen LogP contribution in [0.4, 0.5) is 4.79 Å². The number of carbonyl (C=O) groups excluding carboxylic acids is 2. The van der Waals surface area contributed by atoms with Gasteiger partial charge in [0, 0.05) is 43.8 Å². The standard InChI is InChI=1S/C18H27ClN4O2/c1-13(2)20-18(25)21-17(24)14(3)23-9-7-22(8-10-23)12-15-5-4-6-16(19)11-15/h4-6,11,13-14H,7-10,12H2,1-3H3,(H2,20,21,24,25). The number of halogens is 1. The molecule has 7 heteroatoms. The van der Waals surface area contributed by atoms with Crippen molar-refractivity contribution < 1.29 is 9.59 Å². The quantitative estimate of drug-likeness (QED) is 0.837. The van der Waals surface area contributed by atoms with Gasteiger partial charge in [-0.15, -0.1) is 0 Å². The fourth-order valence-corrected chi connectivity index (χ4v) is 3.10. The summed E-state index contributed by atoms with van der Waals surface area (Å²) in [5.74, 6) is -0.263. The van der Waals surface area contributed by atoms with Crippen LogP contribution in [0.15, 0.2) is 24.3 Å². The van der Waals surface area contributed by atoms with Gasteiger partial charge in [-0.3, -0.25) is 19.9 Å². The maximum atomic E-state index is 12.2. The number of rotatable bonds is 5. The van der Waals surface area contributed by atoms with Gasteiger partial charge in [0.1, 0.15) is 0 Å². The molecular weight excluding hydrogens is 340 g/mol. The summed E-state index contributed by atoms with van der Waals surface area (Å²) in [5.41, 5.74) is 1.19. The fourth-order valence-electron chi connectivity index (χ4n) is 2.88. The van der Waals surface area contributed by atoms with Crippen LogP contribution in [-0.2, 0) is 11.3 Å². The maximum absolute atomic E-state index is 12.2. The van der Waals surface area contributed by atoms with Gasteiger partial charge in [-0.25, -0.2) is 4.79 Å². The molecule has 0 bridgehead atoms. The monoisotopic (exact) mass is 366 g/mol. The molecule has 138 valence electrons. The van der Waals surface area contributed by atoms with Crippen LogP contribution in [0.5, 0.6) is 0 Å². The molecule has 1 atom stereocenters. The molecule has 1 fully saturated rings.